The van der Waals surface area contributed by atoms with Crippen molar-refractivity contribution in [1.82, 2.24) is 9.55 Å². The Balaban J connectivity index is 1.29. The summed E-state index contributed by atoms with van der Waals surface area (Å²) in [4.78, 5) is 6.58. The van der Waals surface area contributed by atoms with E-state index >= 15 is 0 Å². The lowest BCUT2D eigenvalue weighted by Crippen LogP contribution is -2.61. The summed E-state index contributed by atoms with van der Waals surface area (Å²) in [5, 5.41) is 5.14. The number of aromatic amines is 1. The molecule has 1 N–H and O–H groups in total. The van der Waals surface area contributed by atoms with Crippen LogP contribution < -0.4 is 16.4 Å². The fourth-order valence-corrected chi connectivity index (χ4v) is 10.2. The lowest BCUT2D eigenvalue weighted by molar-refractivity contribution is 0.821. The number of hydrogen-bond donors (Lipinski definition) is 1. The summed E-state index contributed by atoms with van der Waals surface area (Å²) in [6, 6.07) is 41.5. The Hall–Kier alpha value is -4.67. The van der Waals surface area contributed by atoms with Crippen LogP contribution in [0.2, 0.25) is 0 Å². The van der Waals surface area contributed by atoms with E-state index in [9.17, 15) is 0 Å². The van der Waals surface area contributed by atoms with Crippen molar-refractivity contribution >= 4 is 78.5 Å². The number of nitrogens with zero attached hydrogens (tertiary/aromatic N) is 1. The molecular formula is C44H37BN2S. The molecule has 0 saturated carbocycles. The van der Waals surface area contributed by atoms with Crippen LogP contribution in [0, 0.1) is 0 Å². The lowest BCUT2D eigenvalue weighted by atomic mass is 9.31. The molecule has 8 aromatic rings. The van der Waals surface area contributed by atoms with Crippen LogP contribution in [0.15, 0.2) is 119 Å². The van der Waals surface area contributed by atoms with Crippen LogP contribution in [0.25, 0.3) is 49.3 Å². The molecule has 2 aliphatic rings. The Morgan fingerprint density at radius 2 is 1.42 bits per heavy atom. The van der Waals surface area contributed by atoms with Gasteiger partial charge in [-0.1, -0.05) is 136 Å². The van der Waals surface area contributed by atoms with Gasteiger partial charge in [-0.3, -0.25) is 0 Å². The summed E-state index contributed by atoms with van der Waals surface area (Å²) in [6.07, 6.45) is 0. The number of rotatable bonds is 3. The third kappa shape index (κ3) is 3.78. The van der Waals surface area contributed by atoms with Gasteiger partial charge in [0.1, 0.15) is 0 Å². The van der Waals surface area contributed by atoms with E-state index in [4.69, 9.17) is 0 Å². The number of hydrogen-bond acceptors (Lipinski definition) is 1. The van der Waals surface area contributed by atoms with E-state index < -0.39 is 0 Å². The van der Waals surface area contributed by atoms with Gasteiger partial charge in [0.2, 0.25) is 6.71 Å². The van der Waals surface area contributed by atoms with Gasteiger partial charge in [-0.2, -0.15) is 0 Å². The number of aromatic nitrogens is 2. The molecule has 232 valence electrons. The molecule has 0 saturated heterocycles. The Kier molecular flexibility index (Phi) is 6.01. The maximum absolute atomic E-state index is 3.81. The lowest BCUT2D eigenvalue weighted by Gasteiger charge is -2.39. The minimum Gasteiger partial charge on any atom is -0.354 e. The van der Waals surface area contributed by atoms with Crippen molar-refractivity contribution in [2.45, 2.75) is 62.2 Å². The van der Waals surface area contributed by atoms with Crippen LogP contribution in [0.1, 0.15) is 74.6 Å². The first-order chi connectivity index (χ1) is 23.4. The van der Waals surface area contributed by atoms with Crippen molar-refractivity contribution in [3.63, 3.8) is 0 Å². The van der Waals surface area contributed by atoms with Gasteiger partial charge in [0.25, 0.3) is 0 Å². The summed E-state index contributed by atoms with van der Waals surface area (Å²) >= 11 is 1.96. The molecule has 10 rings (SSSR count). The zero-order chi connectivity index (χ0) is 32.4. The molecular weight excluding hydrogens is 599 g/mol. The summed E-state index contributed by atoms with van der Waals surface area (Å²) < 4.78 is 2.52. The van der Waals surface area contributed by atoms with Crippen molar-refractivity contribution < 1.29 is 0 Å². The van der Waals surface area contributed by atoms with Crippen LogP contribution in [0.4, 0.5) is 0 Å². The van der Waals surface area contributed by atoms with E-state index in [2.05, 4.69) is 153 Å². The molecule has 0 radical (unpaired) electrons. The van der Waals surface area contributed by atoms with Crippen molar-refractivity contribution in [2.24, 2.45) is 0 Å². The van der Waals surface area contributed by atoms with E-state index in [1.165, 1.54) is 92.3 Å². The first-order valence-electron chi connectivity index (χ1n) is 17.4. The standard InChI is InChI=1S/C44H37BN2S/c1-24(2)27-20-32(25(3)4)42-33(21-27)26(5)34-22-28(23-40-43(34)45(42)35-14-8-11-17-39(35)48-40)47-37-16-10-7-13-31(37)41-38(47)19-18-30-29-12-6-9-15-36(29)46-44(30)41/h6-26,46H,1-5H3. The van der Waals surface area contributed by atoms with Gasteiger partial charge in [-0.05, 0) is 70.5 Å². The smallest absolute Gasteiger partial charge is 0.245 e. The molecule has 2 aliphatic heterocycles. The maximum atomic E-state index is 3.81. The molecule has 48 heavy (non-hydrogen) atoms. The van der Waals surface area contributed by atoms with Crippen molar-refractivity contribution in [1.29, 1.82) is 0 Å². The molecule has 1 atom stereocenters. The predicted octanol–water partition coefficient (Wildman–Crippen LogP) is 10.1. The Labute approximate surface area is 286 Å². The summed E-state index contributed by atoms with van der Waals surface area (Å²) in [5.74, 6) is 1.23. The monoisotopic (exact) mass is 636 g/mol. The van der Waals surface area contributed by atoms with E-state index in [1.54, 1.807) is 5.46 Å². The quantitative estimate of drug-likeness (QED) is 0.192. The maximum Gasteiger partial charge on any atom is 0.245 e. The van der Waals surface area contributed by atoms with Crippen LogP contribution >= 0.6 is 11.8 Å². The van der Waals surface area contributed by atoms with Crippen molar-refractivity contribution in [3.8, 4) is 5.69 Å². The molecule has 1 unspecified atom stereocenters. The third-order valence-electron chi connectivity index (χ3n) is 11.2. The van der Waals surface area contributed by atoms with Gasteiger partial charge in [0.05, 0.1) is 16.6 Å². The normalized spacial score (nSPS) is 15.2. The Bertz CT molecular complexity index is 2640. The van der Waals surface area contributed by atoms with Gasteiger partial charge in [-0.25, -0.2) is 0 Å². The summed E-state index contributed by atoms with van der Waals surface area (Å²) in [7, 11) is 0. The van der Waals surface area contributed by atoms with Crippen molar-refractivity contribution in [3.05, 3.63) is 131 Å². The second-order valence-electron chi connectivity index (χ2n) is 14.6. The number of fused-ring (bicyclic) bond motifs is 11. The number of H-pyrrole nitrogens is 1. The largest absolute Gasteiger partial charge is 0.354 e. The first-order valence-corrected chi connectivity index (χ1v) is 18.3. The van der Waals surface area contributed by atoms with Gasteiger partial charge in [-0.15, -0.1) is 0 Å². The zero-order valence-electron chi connectivity index (χ0n) is 28.1. The number of benzene rings is 6. The van der Waals surface area contributed by atoms with Crippen LogP contribution in [0.5, 0.6) is 0 Å². The molecule has 6 aromatic carbocycles. The minimum atomic E-state index is 0.246. The SMILES string of the molecule is CC(C)c1cc(C(C)C)c2c(c1)C(C)c1cc(-n3c4ccccc4c4c5[nH]c6ccccc6c5ccc43)cc3c1B2c1ccccc1S3. The molecule has 0 bridgehead atoms. The molecule has 4 heteroatoms. The van der Waals surface area contributed by atoms with Crippen LogP contribution in [0.3, 0.4) is 0 Å². The Morgan fingerprint density at radius 3 is 2.25 bits per heavy atom. The average Bonchev–Trinajstić information content (AvgIpc) is 3.65. The zero-order valence-corrected chi connectivity index (χ0v) is 28.9. The highest BCUT2D eigenvalue weighted by Crippen LogP contribution is 2.43. The number of nitrogens with one attached hydrogen (secondary N) is 1. The van der Waals surface area contributed by atoms with Gasteiger partial charge >= 0.3 is 0 Å². The van der Waals surface area contributed by atoms with Crippen molar-refractivity contribution in [2.75, 3.05) is 0 Å². The first kappa shape index (κ1) is 28.4. The van der Waals surface area contributed by atoms with E-state index in [-0.39, 0.29) is 6.71 Å². The highest BCUT2D eigenvalue weighted by molar-refractivity contribution is 8.00. The molecule has 2 aromatic heterocycles. The molecule has 0 spiro atoms. The van der Waals surface area contributed by atoms with E-state index in [0.29, 0.717) is 17.8 Å². The second-order valence-corrected chi connectivity index (χ2v) is 15.7. The van der Waals surface area contributed by atoms with Crippen LogP contribution in [-0.4, -0.2) is 16.3 Å². The van der Waals surface area contributed by atoms with Gasteiger partial charge < -0.3 is 9.55 Å². The molecule has 0 amide bonds. The molecule has 0 aliphatic carbocycles. The molecule has 2 nitrogen and oxygen atoms in total. The highest BCUT2D eigenvalue weighted by atomic mass is 32.2. The second kappa shape index (κ2) is 10.2. The van der Waals surface area contributed by atoms with Crippen LogP contribution in [-0.2, 0) is 0 Å². The fourth-order valence-electron chi connectivity index (χ4n) is 8.95. The highest BCUT2D eigenvalue weighted by Gasteiger charge is 2.42. The topological polar surface area (TPSA) is 20.7 Å². The average molecular weight is 637 g/mol. The summed E-state index contributed by atoms with van der Waals surface area (Å²) in [5.41, 5.74) is 16.6. The predicted molar refractivity (Wildman–Crippen MR) is 208 cm³/mol. The van der Waals surface area contributed by atoms with Gasteiger partial charge in [0, 0.05) is 48.5 Å². The molecule has 4 heterocycles. The summed E-state index contributed by atoms with van der Waals surface area (Å²) in [6.45, 7) is 12.1. The third-order valence-corrected chi connectivity index (χ3v) is 12.4. The Morgan fingerprint density at radius 1 is 0.667 bits per heavy atom. The number of para-hydroxylation sites is 2. The molecule has 0 fully saturated rings. The van der Waals surface area contributed by atoms with E-state index in [0.717, 1.165) is 0 Å². The van der Waals surface area contributed by atoms with E-state index in [1.807, 2.05) is 11.8 Å². The fraction of sp³-hybridized carbons (Fsp3) is 0.182. The van der Waals surface area contributed by atoms with Gasteiger partial charge in [0.15, 0.2) is 0 Å². The minimum absolute atomic E-state index is 0.246.